The fourth-order valence-electron chi connectivity index (χ4n) is 4.56. The number of carbonyl (C=O) groups is 1. The molecule has 196 valence electrons. The number of carbonyl (C=O) groups excluding carboxylic acids is 1. The minimum Gasteiger partial charge on any atom is -0.460 e. The number of thiazole rings is 1. The van der Waals surface area contributed by atoms with Gasteiger partial charge in [-0.3, -0.25) is 9.36 Å². The number of rotatable bonds is 6. The van der Waals surface area contributed by atoms with Crippen LogP contribution in [0.5, 0.6) is 0 Å². The Morgan fingerprint density at radius 3 is 2.05 bits per heavy atom. The molecule has 1 aliphatic rings. The standard InChI is InChI=1S/C31H33N3O3S/c1-17(2)21-9-7-20(8-10-21)15-25-29(35)34-28(33)24(16-32)26(23-13-11-22(12-14-23)18(3)4)27(30(34)38-25)31(36)37-19(5)6/h7-15,17-19,26H,33H2,1-6H3/b25-15+/t26-/m1/s1. The topological polar surface area (TPSA) is 98.1 Å². The second kappa shape index (κ2) is 10.8. The van der Waals surface area contributed by atoms with E-state index in [1.165, 1.54) is 21.5 Å². The van der Waals surface area contributed by atoms with Gasteiger partial charge in [-0.1, -0.05) is 76.2 Å². The first-order valence-electron chi connectivity index (χ1n) is 12.8. The Hall–Kier alpha value is -3.89. The summed E-state index contributed by atoms with van der Waals surface area (Å²) in [4.78, 5) is 27.1. The van der Waals surface area contributed by atoms with E-state index < -0.39 is 11.9 Å². The molecule has 1 aliphatic heterocycles. The summed E-state index contributed by atoms with van der Waals surface area (Å²) in [5, 5.41) is 10.2. The largest absolute Gasteiger partial charge is 0.460 e. The molecule has 0 aliphatic carbocycles. The molecular formula is C31H33N3O3S. The fourth-order valence-corrected chi connectivity index (χ4v) is 5.72. The van der Waals surface area contributed by atoms with E-state index in [-0.39, 0.29) is 28.6 Å². The monoisotopic (exact) mass is 527 g/mol. The molecule has 2 N–H and O–H groups in total. The smallest absolute Gasteiger partial charge is 0.338 e. The summed E-state index contributed by atoms with van der Waals surface area (Å²) in [5.74, 6) is -0.549. The van der Waals surface area contributed by atoms with Gasteiger partial charge in [0.05, 0.1) is 33.8 Å². The average Bonchev–Trinajstić information content (AvgIpc) is 3.19. The maximum Gasteiger partial charge on any atom is 0.338 e. The SMILES string of the molecule is CC(C)OC(=O)C1=c2s/c(=C/c3ccc(C(C)C)cc3)c(=O)n2C(N)=C(C#N)[C@H]1c1ccc(C(C)C)cc1. The van der Waals surface area contributed by atoms with Crippen molar-refractivity contribution in [3.8, 4) is 6.07 Å². The number of benzene rings is 2. The molecule has 0 unspecified atom stereocenters. The Morgan fingerprint density at radius 2 is 1.55 bits per heavy atom. The lowest BCUT2D eigenvalue weighted by Crippen LogP contribution is -2.40. The minimum absolute atomic E-state index is 0.0394. The van der Waals surface area contributed by atoms with Crippen LogP contribution in [0.1, 0.15) is 81.5 Å². The minimum atomic E-state index is -0.747. The number of aromatic nitrogens is 1. The van der Waals surface area contributed by atoms with Crippen molar-refractivity contribution in [2.75, 3.05) is 0 Å². The molecule has 0 saturated heterocycles. The number of nitrogens with zero attached hydrogens (tertiary/aromatic N) is 2. The highest BCUT2D eigenvalue weighted by molar-refractivity contribution is 7.07. The van der Waals surface area contributed by atoms with Gasteiger partial charge in [-0.05, 0) is 54.0 Å². The summed E-state index contributed by atoms with van der Waals surface area (Å²) in [5.41, 5.74) is 10.5. The number of hydrogen-bond acceptors (Lipinski definition) is 6. The molecular weight excluding hydrogens is 494 g/mol. The lowest BCUT2D eigenvalue weighted by molar-refractivity contribution is -0.140. The van der Waals surface area contributed by atoms with Gasteiger partial charge in [0.1, 0.15) is 10.5 Å². The molecule has 7 heteroatoms. The molecule has 4 rings (SSSR count). The van der Waals surface area contributed by atoms with E-state index >= 15 is 0 Å². The molecule has 0 saturated carbocycles. The fraction of sp³-hybridized carbons (Fsp3) is 0.323. The summed E-state index contributed by atoms with van der Waals surface area (Å²) >= 11 is 1.19. The van der Waals surface area contributed by atoms with E-state index in [1.807, 2.05) is 48.5 Å². The molecule has 6 nitrogen and oxygen atoms in total. The molecule has 38 heavy (non-hydrogen) atoms. The molecule has 1 atom stereocenters. The summed E-state index contributed by atoms with van der Waals surface area (Å²) in [6.07, 6.45) is 1.41. The number of fused-ring (bicyclic) bond motifs is 1. The highest BCUT2D eigenvalue weighted by atomic mass is 32.1. The summed E-state index contributed by atoms with van der Waals surface area (Å²) in [7, 11) is 0. The maximum atomic E-state index is 13.6. The van der Waals surface area contributed by atoms with Gasteiger partial charge in [0.25, 0.3) is 5.56 Å². The van der Waals surface area contributed by atoms with E-state index in [9.17, 15) is 14.9 Å². The van der Waals surface area contributed by atoms with Crippen LogP contribution in [-0.2, 0) is 9.53 Å². The van der Waals surface area contributed by atoms with E-state index in [2.05, 4.69) is 33.8 Å². The van der Waals surface area contributed by atoms with Crippen LogP contribution < -0.4 is 20.5 Å². The molecule has 2 heterocycles. The highest BCUT2D eigenvalue weighted by Gasteiger charge is 2.36. The molecule has 0 fully saturated rings. The van der Waals surface area contributed by atoms with Crippen molar-refractivity contribution < 1.29 is 9.53 Å². The summed E-state index contributed by atoms with van der Waals surface area (Å²) in [6.45, 7) is 12.0. The molecule has 1 aromatic heterocycles. The van der Waals surface area contributed by atoms with Gasteiger partial charge in [0, 0.05) is 0 Å². The van der Waals surface area contributed by atoms with E-state index in [4.69, 9.17) is 10.5 Å². The van der Waals surface area contributed by atoms with Crippen LogP contribution in [-0.4, -0.2) is 16.6 Å². The Kier molecular flexibility index (Phi) is 7.75. The number of ether oxygens (including phenoxy) is 1. The third-order valence-electron chi connectivity index (χ3n) is 6.67. The van der Waals surface area contributed by atoms with Gasteiger partial charge >= 0.3 is 5.97 Å². The van der Waals surface area contributed by atoms with E-state index in [0.717, 1.165) is 16.7 Å². The van der Waals surface area contributed by atoms with Crippen LogP contribution in [0, 0.1) is 11.3 Å². The average molecular weight is 528 g/mol. The van der Waals surface area contributed by atoms with Crippen molar-refractivity contribution in [1.82, 2.24) is 4.57 Å². The first kappa shape index (κ1) is 27.2. The van der Waals surface area contributed by atoms with E-state index in [0.29, 0.717) is 21.0 Å². The van der Waals surface area contributed by atoms with Gasteiger partial charge in [-0.2, -0.15) is 5.26 Å². The Morgan fingerprint density at radius 1 is 1.00 bits per heavy atom. The first-order valence-corrected chi connectivity index (χ1v) is 13.6. The van der Waals surface area contributed by atoms with Crippen LogP contribution in [0.2, 0.25) is 0 Å². The predicted octanol–water partition coefficient (Wildman–Crippen LogP) is 4.54. The second-order valence-corrected chi connectivity index (χ2v) is 11.4. The van der Waals surface area contributed by atoms with Gasteiger partial charge in [-0.15, -0.1) is 11.3 Å². The van der Waals surface area contributed by atoms with Crippen LogP contribution >= 0.6 is 11.3 Å². The van der Waals surface area contributed by atoms with Crippen LogP contribution in [0.15, 0.2) is 58.9 Å². The van der Waals surface area contributed by atoms with Crippen molar-refractivity contribution in [2.24, 2.45) is 5.73 Å². The van der Waals surface area contributed by atoms with Gasteiger partial charge < -0.3 is 10.5 Å². The normalized spacial score (nSPS) is 15.8. The zero-order chi connectivity index (χ0) is 27.7. The Balaban J connectivity index is 2.01. The lowest BCUT2D eigenvalue weighted by atomic mass is 9.83. The Labute approximate surface area is 227 Å². The molecule has 3 aromatic rings. The number of hydrogen-bond donors (Lipinski definition) is 1. The number of nitrogens with two attached hydrogens (primary N) is 1. The molecule has 2 aromatic carbocycles. The number of allylic oxidation sites excluding steroid dienone is 1. The van der Waals surface area contributed by atoms with Crippen LogP contribution in [0.4, 0.5) is 0 Å². The first-order chi connectivity index (χ1) is 18.0. The molecule has 0 amide bonds. The number of nitriles is 1. The highest BCUT2D eigenvalue weighted by Crippen LogP contribution is 2.37. The van der Waals surface area contributed by atoms with Crippen molar-refractivity contribution in [3.05, 3.63) is 95.9 Å². The van der Waals surface area contributed by atoms with Crippen molar-refractivity contribution in [3.63, 3.8) is 0 Å². The van der Waals surface area contributed by atoms with E-state index in [1.54, 1.807) is 19.9 Å². The molecule has 0 bridgehead atoms. The van der Waals surface area contributed by atoms with Crippen molar-refractivity contribution in [2.45, 2.75) is 65.4 Å². The quantitative estimate of drug-likeness (QED) is 0.475. The summed E-state index contributed by atoms with van der Waals surface area (Å²) < 4.78 is 7.72. The summed E-state index contributed by atoms with van der Waals surface area (Å²) in [6, 6.07) is 18.0. The number of esters is 1. The van der Waals surface area contributed by atoms with Crippen LogP contribution in [0.25, 0.3) is 17.5 Å². The molecule has 0 radical (unpaired) electrons. The molecule has 0 spiro atoms. The zero-order valence-corrected chi connectivity index (χ0v) is 23.4. The van der Waals surface area contributed by atoms with Crippen molar-refractivity contribution in [1.29, 1.82) is 5.26 Å². The Bertz CT molecular complexity index is 1610. The van der Waals surface area contributed by atoms with Gasteiger partial charge in [-0.25, -0.2) is 4.79 Å². The third kappa shape index (κ3) is 5.09. The zero-order valence-electron chi connectivity index (χ0n) is 22.6. The van der Waals surface area contributed by atoms with Gasteiger partial charge in [0.15, 0.2) is 0 Å². The maximum absolute atomic E-state index is 13.6. The third-order valence-corrected chi connectivity index (χ3v) is 7.78. The lowest BCUT2D eigenvalue weighted by Gasteiger charge is -2.25. The van der Waals surface area contributed by atoms with Crippen molar-refractivity contribution >= 4 is 34.8 Å². The predicted molar refractivity (Wildman–Crippen MR) is 153 cm³/mol. The second-order valence-electron chi connectivity index (χ2n) is 10.4. The van der Waals surface area contributed by atoms with Gasteiger partial charge in [0.2, 0.25) is 0 Å². The van der Waals surface area contributed by atoms with Crippen LogP contribution in [0.3, 0.4) is 0 Å².